The van der Waals surface area contributed by atoms with Gasteiger partial charge in [0.05, 0.1) is 17.6 Å². The van der Waals surface area contributed by atoms with Gasteiger partial charge < -0.3 is 14.4 Å². The van der Waals surface area contributed by atoms with E-state index in [9.17, 15) is 19.7 Å². The number of benzene rings is 2. The molecule has 0 aliphatic rings. The third-order valence-corrected chi connectivity index (χ3v) is 3.90. The summed E-state index contributed by atoms with van der Waals surface area (Å²) in [7, 11) is 2.90. The largest absolute Gasteiger partial charge is 0.490 e. The highest BCUT2D eigenvalue weighted by molar-refractivity contribution is 5.92. The number of hydrogen-bond donors (Lipinski definition) is 0. The summed E-state index contributed by atoms with van der Waals surface area (Å²) in [5, 5.41) is 11.0. The lowest BCUT2D eigenvalue weighted by Crippen LogP contribution is -2.30. The van der Waals surface area contributed by atoms with E-state index in [0.717, 1.165) is 17.2 Å². The number of nitrogens with zero attached hydrogens (tertiary/aromatic N) is 2. The zero-order valence-electron chi connectivity index (χ0n) is 15.3. The molecule has 8 heteroatoms. The van der Waals surface area contributed by atoms with Crippen molar-refractivity contribution in [2.24, 2.45) is 0 Å². The highest BCUT2D eigenvalue weighted by Crippen LogP contribution is 2.27. The third kappa shape index (κ3) is 5.27. The van der Waals surface area contributed by atoms with Crippen LogP contribution >= 0.6 is 0 Å². The molecule has 2 rings (SSSR count). The topological polar surface area (TPSA) is 99.0 Å². The molecule has 0 unspecified atom stereocenters. The Balaban J connectivity index is 1.96. The number of carbonyl (C=O) groups excluding carboxylic acids is 2. The Morgan fingerprint density at radius 3 is 2.41 bits per heavy atom. The molecule has 0 N–H and O–H groups in total. The Kier molecular flexibility index (Phi) is 6.48. The average Bonchev–Trinajstić information content (AvgIpc) is 2.66. The molecule has 0 aromatic heterocycles. The molecule has 0 spiro atoms. The minimum Gasteiger partial charge on any atom is -0.490 e. The Morgan fingerprint density at radius 1 is 1.15 bits per heavy atom. The number of methoxy groups -OCH3 is 1. The van der Waals surface area contributed by atoms with E-state index in [1.807, 2.05) is 31.2 Å². The quantitative estimate of drug-likeness (QED) is 0.421. The number of nitro benzene ring substituents is 1. The number of carbonyl (C=O) groups is 2. The van der Waals surface area contributed by atoms with Crippen LogP contribution in [0.1, 0.15) is 21.5 Å². The molecular weight excluding hydrogens is 352 g/mol. The Bertz CT molecular complexity index is 848. The second kappa shape index (κ2) is 8.79. The summed E-state index contributed by atoms with van der Waals surface area (Å²) in [5.41, 5.74) is 1.69. The summed E-state index contributed by atoms with van der Waals surface area (Å²) < 4.78 is 9.86. The monoisotopic (exact) mass is 372 g/mol. The molecular formula is C19H20N2O6. The first-order valence-electron chi connectivity index (χ1n) is 8.11. The summed E-state index contributed by atoms with van der Waals surface area (Å²) in [5.74, 6) is -1.17. The Hall–Kier alpha value is -3.42. The average molecular weight is 372 g/mol. The van der Waals surface area contributed by atoms with E-state index in [2.05, 4.69) is 0 Å². The molecule has 2 aromatic carbocycles. The fraction of sp³-hybridized carbons (Fsp3) is 0.263. The molecule has 27 heavy (non-hydrogen) atoms. The van der Waals surface area contributed by atoms with Crippen molar-refractivity contribution in [3.63, 3.8) is 0 Å². The van der Waals surface area contributed by atoms with Crippen molar-refractivity contribution in [3.05, 3.63) is 69.3 Å². The van der Waals surface area contributed by atoms with E-state index in [1.54, 1.807) is 7.05 Å². The van der Waals surface area contributed by atoms with E-state index < -0.39 is 17.5 Å². The van der Waals surface area contributed by atoms with Gasteiger partial charge in [-0.3, -0.25) is 14.9 Å². The normalized spacial score (nSPS) is 10.2. The number of aryl methyl sites for hydroxylation is 1. The number of likely N-dealkylation sites (N-methyl/N-ethyl adjacent to an activating group) is 1. The first kappa shape index (κ1) is 19.9. The second-order valence-electron chi connectivity index (χ2n) is 5.96. The highest BCUT2D eigenvalue weighted by atomic mass is 16.6. The van der Waals surface area contributed by atoms with Gasteiger partial charge in [-0.25, -0.2) is 4.79 Å². The molecule has 0 saturated carbocycles. The zero-order valence-corrected chi connectivity index (χ0v) is 15.3. The van der Waals surface area contributed by atoms with Crippen LogP contribution in [0.2, 0.25) is 0 Å². The van der Waals surface area contributed by atoms with E-state index in [1.165, 1.54) is 24.1 Å². The molecule has 0 bridgehead atoms. The minimum atomic E-state index is -0.821. The maximum Gasteiger partial charge on any atom is 0.338 e. The summed E-state index contributed by atoms with van der Waals surface area (Å²) in [4.78, 5) is 36.0. The van der Waals surface area contributed by atoms with E-state index in [-0.39, 0.29) is 22.9 Å². The maximum absolute atomic E-state index is 12.1. The predicted molar refractivity (Wildman–Crippen MR) is 97.6 cm³/mol. The number of amides is 1. The van der Waals surface area contributed by atoms with Crippen molar-refractivity contribution < 1.29 is 24.0 Å². The SMILES string of the molecule is COc1ccc(C(=O)OCC(=O)N(C)Cc2ccc(C)cc2)cc1[N+](=O)[O-]. The van der Waals surface area contributed by atoms with Gasteiger partial charge in [0.1, 0.15) is 0 Å². The fourth-order valence-electron chi connectivity index (χ4n) is 2.34. The molecule has 8 nitrogen and oxygen atoms in total. The molecule has 0 saturated heterocycles. The van der Waals surface area contributed by atoms with Gasteiger partial charge in [-0.05, 0) is 24.6 Å². The molecule has 1 amide bonds. The second-order valence-corrected chi connectivity index (χ2v) is 5.96. The van der Waals surface area contributed by atoms with Crippen LogP contribution in [-0.4, -0.2) is 42.5 Å². The zero-order chi connectivity index (χ0) is 20.0. The van der Waals surface area contributed by atoms with Crippen molar-refractivity contribution in [3.8, 4) is 5.75 Å². The van der Waals surface area contributed by atoms with Gasteiger partial charge in [-0.2, -0.15) is 0 Å². The van der Waals surface area contributed by atoms with Crippen LogP contribution in [-0.2, 0) is 16.1 Å². The van der Waals surface area contributed by atoms with E-state index in [0.29, 0.717) is 6.54 Å². The van der Waals surface area contributed by atoms with Crippen LogP contribution < -0.4 is 4.74 Å². The van der Waals surface area contributed by atoms with Crippen LogP contribution in [0.4, 0.5) is 5.69 Å². The summed E-state index contributed by atoms with van der Waals surface area (Å²) in [6, 6.07) is 11.4. The van der Waals surface area contributed by atoms with Crippen molar-refractivity contribution in [1.82, 2.24) is 4.90 Å². The van der Waals surface area contributed by atoms with E-state index in [4.69, 9.17) is 9.47 Å². The molecule has 0 aliphatic heterocycles. The highest BCUT2D eigenvalue weighted by Gasteiger charge is 2.20. The van der Waals surface area contributed by atoms with Crippen molar-refractivity contribution in [2.75, 3.05) is 20.8 Å². The van der Waals surface area contributed by atoms with Crippen LogP contribution in [0.15, 0.2) is 42.5 Å². The molecule has 0 fully saturated rings. The number of esters is 1. The van der Waals surface area contributed by atoms with Crippen LogP contribution in [0, 0.1) is 17.0 Å². The fourth-order valence-corrected chi connectivity index (χ4v) is 2.34. The predicted octanol–water partition coefficient (Wildman–Crippen LogP) is 2.73. The van der Waals surface area contributed by atoms with Gasteiger partial charge in [0, 0.05) is 19.7 Å². The van der Waals surface area contributed by atoms with Crippen molar-refractivity contribution in [2.45, 2.75) is 13.5 Å². The van der Waals surface area contributed by atoms with Crippen LogP contribution in [0.5, 0.6) is 5.75 Å². The van der Waals surface area contributed by atoms with Gasteiger partial charge >= 0.3 is 11.7 Å². The Labute approximate surface area is 156 Å². The molecule has 0 atom stereocenters. The molecule has 2 aromatic rings. The number of nitro groups is 1. The number of ether oxygens (including phenoxy) is 2. The van der Waals surface area contributed by atoms with Crippen molar-refractivity contribution in [1.29, 1.82) is 0 Å². The van der Waals surface area contributed by atoms with Crippen LogP contribution in [0.25, 0.3) is 0 Å². The Morgan fingerprint density at radius 2 is 1.81 bits per heavy atom. The lowest BCUT2D eigenvalue weighted by atomic mass is 10.1. The van der Waals surface area contributed by atoms with Gasteiger partial charge in [-0.15, -0.1) is 0 Å². The standard InChI is InChI=1S/C19H20N2O6/c1-13-4-6-14(7-5-13)11-20(2)18(22)12-27-19(23)15-8-9-17(26-3)16(10-15)21(24)25/h4-10H,11-12H2,1-3H3. The van der Waals surface area contributed by atoms with Gasteiger partial charge in [-0.1, -0.05) is 29.8 Å². The van der Waals surface area contributed by atoms with Gasteiger partial charge in [0.15, 0.2) is 12.4 Å². The summed E-state index contributed by atoms with van der Waals surface area (Å²) in [6.07, 6.45) is 0. The van der Waals surface area contributed by atoms with Gasteiger partial charge in [0.25, 0.3) is 5.91 Å². The van der Waals surface area contributed by atoms with Crippen LogP contribution in [0.3, 0.4) is 0 Å². The smallest absolute Gasteiger partial charge is 0.338 e. The molecule has 142 valence electrons. The first-order valence-corrected chi connectivity index (χ1v) is 8.11. The maximum atomic E-state index is 12.1. The third-order valence-electron chi connectivity index (χ3n) is 3.90. The number of rotatable bonds is 7. The van der Waals surface area contributed by atoms with Gasteiger partial charge in [0.2, 0.25) is 0 Å². The summed E-state index contributed by atoms with van der Waals surface area (Å²) >= 11 is 0. The lowest BCUT2D eigenvalue weighted by molar-refractivity contribution is -0.385. The number of hydrogen-bond acceptors (Lipinski definition) is 6. The first-order chi connectivity index (χ1) is 12.8. The molecule has 0 aliphatic carbocycles. The lowest BCUT2D eigenvalue weighted by Gasteiger charge is -2.17. The van der Waals surface area contributed by atoms with Crippen molar-refractivity contribution >= 4 is 17.6 Å². The van der Waals surface area contributed by atoms with E-state index >= 15 is 0 Å². The minimum absolute atomic E-state index is 0.0310. The molecule has 0 radical (unpaired) electrons. The summed E-state index contributed by atoms with van der Waals surface area (Å²) in [6.45, 7) is 1.90. The molecule has 0 heterocycles.